The zero-order chi connectivity index (χ0) is 18.6. The maximum atomic E-state index is 12.8. The molecule has 1 aliphatic heterocycles. The number of amides is 1. The summed E-state index contributed by atoms with van der Waals surface area (Å²) in [6.45, 7) is 6.96. The lowest BCUT2D eigenvalue weighted by Gasteiger charge is -2.20. The average Bonchev–Trinajstić information content (AvgIpc) is 3.12. The van der Waals surface area contributed by atoms with Crippen LogP contribution in [0, 0.1) is 0 Å². The van der Waals surface area contributed by atoms with Crippen LogP contribution in [0.3, 0.4) is 0 Å². The van der Waals surface area contributed by atoms with E-state index in [0.29, 0.717) is 23.5 Å². The molecule has 134 valence electrons. The third-order valence-electron chi connectivity index (χ3n) is 4.15. The van der Waals surface area contributed by atoms with Gasteiger partial charge < -0.3 is 14.2 Å². The Morgan fingerprint density at radius 1 is 1.28 bits per heavy atom. The molecule has 0 bridgehead atoms. The van der Waals surface area contributed by atoms with Gasteiger partial charge in [0, 0.05) is 38.7 Å². The zero-order valence-corrected chi connectivity index (χ0v) is 15.3. The lowest BCUT2D eigenvalue weighted by Crippen LogP contribution is -2.36. The minimum atomic E-state index is -0.687. The summed E-state index contributed by atoms with van der Waals surface area (Å²) in [7, 11) is 3.25. The van der Waals surface area contributed by atoms with Crippen LogP contribution >= 0.6 is 0 Å². The van der Waals surface area contributed by atoms with Gasteiger partial charge in [0.05, 0.1) is 35.4 Å². The first-order valence-electron chi connectivity index (χ1n) is 8.07. The summed E-state index contributed by atoms with van der Waals surface area (Å²) in [6.07, 6.45) is 5.78. The molecule has 2 aromatic heterocycles. The molecule has 7 nitrogen and oxygen atoms in total. The SMILES string of the molecule is CCn1cncc1CN1C(=O)C(C)(C)c2ncc(C=O)cc21.COC. The molecule has 7 heteroatoms. The minimum absolute atomic E-state index is 0.0121. The molecule has 0 aliphatic carbocycles. The molecule has 0 radical (unpaired) electrons. The number of hydrogen-bond donors (Lipinski definition) is 0. The number of aryl methyl sites for hydroxylation is 1. The van der Waals surface area contributed by atoms with E-state index in [9.17, 15) is 9.59 Å². The Morgan fingerprint density at radius 3 is 2.56 bits per heavy atom. The topological polar surface area (TPSA) is 77.3 Å². The van der Waals surface area contributed by atoms with Crippen molar-refractivity contribution in [3.63, 3.8) is 0 Å². The molecule has 3 heterocycles. The third kappa shape index (κ3) is 3.46. The van der Waals surface area contributed by atoms with Gasteiger partial charge in [0.2, 0.25) is 5.91 Å². The Hall–Kier alpha value is -2.54. The number of methoxy groups -OCH3 is 1. The number of fused-ring (bicyclic) bond motifs is 1. The first-order valence-corrected chi connectivity index (χ1v) is 8.07. The van der Waals surface area contributed by atoms with Crippen molar-refractivity contribution in [1.29, 1.82) is 0 Å². The molecule has 0 aromatic carbocycles. The second-order valence-corrected chi connectivity index (χ2v) is 6.35. The molecule has 2 aromatic rings. The van der Waals surface area contributed by atoms with Gasteiger partial charge in [-0.3, -0.25) is 14.6 Å². The zero-order valence-electron chi connectivity index (χ0n) is 15.3. The van der Waals surface area contributed by atoms with Crippen molar-refractivity contribution in [2.75, 3.05) is 19.1 Å². The van der Waals surface area contributed by atoms with Crippen molar-refractivity contribution >= 4 is 17.9 Å². The van der Waals surface area contributed by atoms with E-state index in [1.165, 1.54) is 6.20 Å². The molecule has 0 unspecified atom stereocenters. The summed E-state index contributed by atoms with van der Waals surface area (Å²) >= 11 is 0. The van der Waals surface area contributed by atoms with Crippen molar-refractivity contribution in [3.05, 3.63) is 41.7 Å². The normalized spacial score (nSPS) is 14.8. The Bertz CT molecular complexity index is 767. The standard InChI is InChI=1S/C16H18N4O2.C2H6O/c1-4-19-10-17-7-12(19)8-20-13-5-11(9-21)6-18-14(13)16(2,3)15(20)22;1-3-2/h5-7,9-10H,4,8H2,1-3H3;1-2H3. The predicted octanol–water partition coefficient (Wildman–Crippen LogP) is 2.20. The Morgan fingerprint density at radius 2 is 1.96 bits per heavy atom. The number of pyridine rings is 1. The molecular formula is C18H24N4O3. The molecule has 0 atom stereocenters. The molecule has 1 amide bonds. The summed E-state index contributed by atoms with van der Waals surface area (Å²) in [6, 6.07) is 1.73. The number of carbonyl (C=O) groups is 2. The van der Waals surface area contributed by atoms with Crippen LogP contribution in [0.15, 0.2) is 24.8 Å². The van der Waals surface area contributed by atoms with Crippen molar-refractivity contribution in [1.82, 2.24) is 14.5 Å². The van der Waals surface area contributed by atoms with Crippen LogP contribution in [0.2, 0.25) is 0 Å². The summed E-state index contributed by atoms with van der Waals surface area (Å²) < 4.78 is 6.25. The third-order valence-corrected chi connectivity index (χ3v) is 4.15. The van der Waals surface area contributed by atoms with E-state index >= 15 is 0 Å². The van der Waals surface area contributed by atoms with Crippen LogP contribution in [-0.2, 0) is 28.0 Å². The monoisotopic (exact) mass is 344 g/mol. The van der Waals surface area contributed by atoms with Crippen molar-refractivity contribution in [2.45, 2.75) is 39.3 Å². The summed E-state index contributed by atoms with van der Waals surface area (Å²) in [4.78, 5) is 34.0. The average molecular weight is 344 g/mol. The molecular weight excluding hydrogens is 320 g/mol. The Balaban J connectivity index is 0.000000701. The lowest BCUT2D eigenvalue weighted by molar-refractivity contribution is -0.122. The van der Waals surface area contributed by atoms with E-state index in [4.69, 9.17) is 0 Å². The highest BCUT2D eigenvalue weighted by molar-refractivity contribution is 6.07. The highest BCUT2D eigenvalue weighted by atomic mass is 16.4. The van der Waals surface area contributed by atoms with Gasteiger partial charge in [-0.05, 0) is 26.8 Å². The molecule has 0 N–H and O–H groups in total. The highest BCUT2D eigenvalue weighted by Crippen LogP contribution is 2.41. The van der Waals surface area contributed by atoms with E-state index in [0.717, 1.165) is 18.5 Å². The van der Waals surface area contributed by atoms with E-state index < -0.39 is 5.41 Å². The molecule has 0 saturated carbocycles. The number of carbonyl (C=O) groups excluding carboxylic acids is 2. The molecule has 0 fully saturated rings. The van der Waals surface area contributed by atoms with Crippen LogP contribution < -0.4 is 4.90 Å². The van der Waals surface area contributed by atoms with Crippen LogP contribution in [-0.4, -0.2) is 40.9 Å². The maximum Gasteiger partial charge on any atom is 0.239 e. The first kappa shape index (κ1) is 18.8. The fraction of sp³-hybridized carbons (Fsp3) is 0.444. The highest BCUT2D eigenvalue weighted by Gasteiger charge is 2.45. The van der Waals surface area contributed by atoms with E-state index in [1.807, 2.05) is 25.3 Å². The number of imidazole rings is 1. The van der Waals surface area contributed by atoms with E-state index in [-0.39, 0.29) is 5.91 Å². The Kier molecular flexibility index (Phi) is 5.69. The van der Waals surface area contributed by atoms with Gasteiger partial charge in [-0.2, -0.15) is 0 Å². The second kappa shape index (κ2) is 7.57. The van der Waals surface area contributed by atoms with Gasteiger partial charge in [-0.1, -0.05) is 0 Å². The van der Waals surface area contributed by atoms with Crippen LogP contribution in [0.5, 0.6) is 0 Å². The molecule has 25 heavy (non-hydrogen) atoms. The second-order valence-electron chi connectivity index (χ2n) is 6.35. The maximum absolute atomic E-state index is 12.8. The first-order chi connectivity index (χ1) is 11.9. The Labute approximate surface area is 147 Å². The van der Waals surface area contributed by atoms with Crippen LogP contribution in [0.25, 0.3) is 0 Å². The number of anilines is 1. The van der Waals surface area contributed by atoms with Gasteiger partial charge in [0.25, 0.3) is 0 Å². The summed E-state index contributed by atoms with van der Waals surface area (Å²) in [5, 5.41) is 0. The number of ether oxygens (including phenoxy) is 1. The number of aldehydes is 1. The van der Waals surface area contributed by atoms with E-state index in [1.54, 1.807) is 37.7 Å². The molecule has 1 aliphatic rings. The number of rotatable bonds is 4. The fourth-order valence-electron chi connectivity index (χ4n) is 2.85. The van der Waals surface area contributed by atoms with Gasteiger partial charge in [0.1, 0.15) is 0 Å². The van der Waals surface area contributed by atoms with Crippen molar-refractivity contribution < 1.29 is 14.3 Å². The predicted molar refractivity (Wildman–Crippen MR) is 94.7 cm³/mol. The quantitative estimate of drug-likeness (QED) is 0.795. The summed E-state index contributed by atoms with van der Waals surface area (Å²) in [5.41, 5.74) is 2.16. The summed E-state index contributed by atoms with van der Waals surface area (Å²) in [5.74, 6) is -0.0121. The number of aromatic nitrogens is 3. The number of nitrogens with zero attached hydrogens (tertiary/aromatic N) is 4. The molecule has 3 rings (SSSR count). The fourth-order valence-corrected chi connectivity index (χ4v) is 2.85. The van der Waals surface area contributed by atoms with E-state index in [2.05, 4.69) is 14.7 Å². The smallest absolute Gasteiger partial charge is 0.239 e. The molecule has 0 saturated heterocycles. The largest absolute Gasteiger partial charge is 0.388 e. The van der Waals surface area contributed by atoms with Gasteiger partial charge in [-0.25, -0.2) is 4.98 Å². The lowest BCUT2D eigenvalue weighted by atomic mass is 9.90. The van der Waals surface area contributed by atoms with Crippen LogP contribution in [0.4, 0.5) is 5.69 Å². The van der Waals surface area contributed by atoms with Crippen LogP contribution in [0.1, 0.15) is 42.5 Å². The minimum Gasteiger partial charge on any atom is -0.388 e. The number of hydrogen-bond acceptors (Lipinski definition) is 5. The van der Waals surface area contributed by atoms with Crippen molar-refractivity contribution in [3.8, 4) is 0 Å². The van der Waals surface area contributed by atoms with Gasteiger partial charge in [-0.15, -0.1) is 0 Å². The van der Waals surface area contributed by atoms with Crippen molar-refractivity contribution in [2.24, 2.45) is 0 Å². The van der Waals surface area contributed by atoms with Gasteiger partial charge in [0.15, 0.2) is 6.29 Å². The molecule has 0 spiro atoms. The van der Waals surface area contributed by atoms with Gasteiger partial charge >= 0.3 is 0 Å².